The number of nitrogens with two attached hydrogens (primary N) is 1. The van der Waals surface area contributed by atoms with Crippen molar-refractivity contribution in [3.63, 3.8) is 0 Å². The topological polar surface area (TPSA) is 105 Å². The van der Waals surface area contributed by atoms with Crippen molar-refractivity contribution in [2.24, 2.45) is 11.7 Å². The fourth-order valence-corrected chi connectivity index (χ4v) is 5.52. The minimum atomic E-state index is -0.537. The van der Waals surface area contributed by atoms with Crippen LogP contribution < -0.4 is 11.1 Å². The van der Waals surface area contributed by atoms with Crippen molar-refractivity contribution in [2.75, 3.05) is 26.8 Å². The van der Waals surface area contributed by atoms with Gasteiger partial charge in [0.2, 0.25) is 11.8 Å². The zero-order valence-electron chi connectivity index (χ0n) is 18.7. The van der Waals surface area contributed by atoms with Gasteiger partial charge in [0.25, 0.3) is 5.91 Å². The summed E-state index contributed by atoms with van der Waals surface area (Å²) in [5.74, 6) is -0.0915. The Balaban J connectivity index is 1.49. The summed E-state index contributed by atoms with van der Waals surface area (Å²) in [6.45, 7) is 1.23. The predicted molar refractivity (Wildman–Crippen MR) is 122 cm³/mol. The van der Waals surface area contributed by atoms with E-state index in [0.717, 1.165) is 38.5 Å². The number of rotatable bonds is 8. The molecule has 176 valence electrons. The average molecular weight is 463 g/mol. The lowest BCUT2D eigenvalue weighted by atomic mass is 9.91. The number of ether oxygens (including phenoxy) is 1. The van der Waals surface area contributed by atoms with Gasteiger partial charge < -0.3 is 25.6 Å². The fourth-order valence-electron chi connectivity index (χ4n) is 4.84. The van der Waals surface area contributed by atoms with Crippen molar-refractivity contribution in [1.82, 2.24) is 15.1 Å². The molecule has 32 heavy (non-hydrogen) atoms. The van der Waals surface area contributed by atoms with Crippen molar-refractivity contribution in [1.29, 1.82) is 0 Å². The molecular formula is C23H34N4O4S. The van der Waals surface area contributed by atoms with E-state index in [2.05, 4.69) is 5.32 Å². The maximum Gasteiger partial charge on any atom is 0.264 e. The number of carbonyl (C=O) groups excluding carboxylic acids is 3. The maximum absolute atomic E-state index is 13.3. The normalized spacial score (nSPS) is 27.9. The number of thiophene rings is 1. The second kappa shape index (κ2) is 10.3. The van der Waals surface area contributed by atoms with Gasteiger partial charge in [0.05, 0.1) is 17.5 Å². The van der Waals surface area contributed by atoms with Gasteiger partial charge in [0.15, 0.2) is 0 Å². The van der Waals surface area contributed by atoms with Gasteiger partial charge in [-0.25, -0.2) is 0 Å². The molecule has 1 aromatic rings. The summed E-state index contributed by atoms with van der Waals surface area (Å²) in [5, 5.41) is 5.05. The quantitative estimate of drug-likeness (QED) is 0.611. The zero-order valence-corrected chi connectivity index (χ0v) is 19.5. The first-order chi connectivity index (χ1) is 15.5. The van der Waals surface area contributed by atoms with Crippen LogP contribution in [-0.2, 0) is 14.3 Å². The first-order valence-electron chi connectivity index (χ1n) is 11.7. The molecule has 3 N–H and O–H groups in total. The molecule has 1 aliphatic heterocycles. The second-order valence-corrected chi connectivity index (χ2v) is 10.2. The second-order valence-electron chi connectivity index (χ2n) is 9.26. The molecule has 2 atom stereocenters. The zero-order chi connectivity index (χ0) is 22.7. The SMILES string of the molecule is COCCN(C(=O)c1cccs1)C1CC(C(=O)NC2CCC(N)CC2)N(C(=O)C2CC2)C1. The first kappa shape index (κ1) is 23.2. The number of nitrogens with one attached hydrogen (secondary N) is 1. The van der Waals surface area contributed by atoms with Gasteiger partial charge >= 0.3 is 0 Å². The molecule has 3 amide bonds. The van der Waals surface area contributed by atoms with E-state index in [9.17, 15) is 14.4 Å². The Labute approximate surface area is 193 Å². The molecule has 1 aromatic heterocycles. The highest BCUT2D eigenvalue weighted by Crippen LogP contribution is 2.35. The van der Waals surface area contributed by atoms with Gasteiger partial charge in [0.1, 0.15) is 6.04 Å². The summed E-state index contributed by atoms with van der Waals surface area (Å²) < 4.78 is 5.24. The van der Waals surface area contributed by atoms with Crippen LogP contribution in [-0.4, -0.2) is 78.5 Å². The highest BCUT2D eigenvalue weighted by atomic mass is 32.1. The van der Waals surface area contributed by atoms with Crippen molar-refractivity contribution in [3.05, 3.63) is 22.4 Å². The molecule has 0 bridgehead atoms. The molecule has 8 nitrogen and oxygen atoms in total. The lowest BCUT2D eigenvalue weighted by Crippen LogP contribution is -2.50. The molecule has 2 saturated carbocycles. The van der Waals surface area contributed by atoms with Crippen LogP contribution in [0.2, 0.25) is 0 Å². The fraction of sp³-hybridized carbons (Fsp3) is 0.696. The van der Waals surface area contributed by atoms with E-state index in [-0.39, 0.29) is 41.8 Å². The molecule has 2 unspecified atom stereocenters. The number of methoxy groups -OCH3 is 1. The van der Waals surface area contributed by atoms with Gasteiger partial charge in [-0.3, -0.25) is 14.4 Å². The predicted octanol–water partition coefficient (Wildman–Crippen LogP) is 1.60. The molecule has 1 saturated heterocycles. The summed E-state index contributed by atoms with van der Waals surface area (Å²) in [5.41, 5.74) is 6.00. The number of hydrogen-bond acceptors (Lipinski definition) is 6. The van der Waals surface area contributed by atoms with Gasteiger partial charge in [-0.1, -0.05) is 6.07 Å². The summed E-state index contributed by atoms with van der Waals surface area (Å²) >= 11 is 1.40. The van der Waals surface area contributed by atoms with E-state index in [4.69, 9.17) is 10.5 Å². The highest BCUT2D eigenvalue weighted by Gasteiger charge is 2.46. The van der Waals surface area contributed by atoms with Gasteiger partial charge in [-0.2, -0.15) is 0 Å². The summed E-state index contributed by atoms with van der Waals surface area (Å²) in [7, 11) is 1.61. The minimum absolute atomic E-state index is 0.0251. The Bertz CT molecular complexity index is 805. The maximum atomic E-state index is 13.3. The van der Waals surface area contributed by atoms with Gasteiger partial charge in [0, 0.05) is 38.2 Å². The average Bonchev–Trinajstić information content (AvgIpc) is 3.31. The van der Waals surface area contributed by atoms with Crippen LogP contribution in [0.4, 0.5) is 0 Å². The molecule has 2 aliphatic carbocycles. The smallest absolute Gasteiger partial charge is 0.264 e. The molecular weight excluding hydrogens is 428 g/mol. The highest BCUT2D eigenvalue weighted by molar-refractivity contribution is 7.12. The largest absolute Gasteiger partial charge is 0.383 e. The van der Waals surface area contributed by atoms with Crippen molar-refractivity contribution >= 4 is 29.1 Å². The summed E-state index contributed by atoms with van der Waals surface area (Å²) in [6, 6.07) is 3.24. The molecule has 9 heteroatoms. The van der Waals surface area contributed by atoms with Crippen LogP contribution in [0.25, 0.3) is 0 Å². The van der Waals surface area contributed by atoms with Crippen molar-refractivity contribution < 1.29 is 19.1 Å². The van der Waals surface area contributed by atoms with E-state index >= 15 is 0 Å². The third-order valence-corrected chi connectivity index (χ3v) is 7.74. The van der Waals surface area contributed by atoms with Crippen LogP contribution >= 0.6 is 11.3 Å². The van der Waals surface area contributed by atoms with E-state index in [1.807, 2.05) is 17.5 Å². The molecule has 3 aliphatic rings. The van der Waals surface area contributed by atoms with Crippen LogP contribution in [0.1, 0.15) is 54.6 Å². The Morgan fingerprint density at radius 2 is 1.97 bits per heavy atom. The van der Waals surface area contributed by atoms with Crippen molar-refractivity contribution in [3.8, 4) is 0 Å². The van der Waals surface area contributed by atoms with Crippen molar-refractivity contribution in [2.45, 2.75) is 69.1 Å². The number of amides is 3. The number of hydrogen-bond donors (Lipinski definition) is 2. The van der Waals surface area contributed by atoms with E-state index < -0.39 is 6.04 Å². The molecule has 3 fully saturated rings. The Kier molecular flexibility index (Phi) is 7.48. The molecule has 0 aromatic carbocycles. The Morgan fingerprint density at radius 3 is 2.59 bits per heavy atom. The van der Waals surface area contributed by atoms with Crippen LogP contribution in [0.3, 0.4) is 0 Å². The Hall–Kier alpha value is -1.97. The van der Waals surface area contributed by atoms with E-state index in [0.29, 0.717) is 31.0 Å². The minimum Gasteiger partial charge on any atom is -0.383 e. The van der Waals surface area contributed by atoms with E-state index in [1.54, 1.807) is 16.9 Å². The van der Waals surface area contributed by atoms with Crippen LogP contribution in [0.5, 0.6) is 0 Å². The summed E-state index contributed by atoms with van der Waals surface area (Å²) in [4.78, 5) is 43.7. The number of likely N-dealkylation sites (tertiary alicyclic amines) is 1. The monoisotopic (exact) mass is 462 g/mol. The number of carbonyl (C=O) groups is 3. The first-order valence-corrected chi connectivity index (χ1v) is 12.6. The van der Waals surface area contributed by atoms with Gasteiger partial charge in [-0.15, -0.1) is 11.3 Å². The number of nitrogens with zero attached hydrogens (tertiary/aromatic N) is 2. The van der Waals surface area contributed by atoms with E-state index in [1.165, 1.54) is 11.3 Å². The standard InChI is InChI=1S/C23H34N4O4S/c1-31-11-10-26(23(30)20-3-2-12-32-20)18-13-19(27(14-18)22(29)15-4-5-15)21(28)25-17-8-6-16(24)7-9-17/h2-3,12,15-19H,4-11,13-14,24H2,1H3,(H,25,28). The molecule has 2 heterocycles. The van der Waals surface area contributed by atoms with Crippen LogP contribution in [0.15, 0.2) is 17.5 Å². The van der Waals surface area contributed by atoms with Crippen LogP contribution in [0, 0.1) is 5.92 Å². The third-order valence-electron chi connectivity index (χ3n) is 6.88. The Morgan fingerprint density at radius 1 is 1.22 bits per heavy atom. The molecule has 4 rings (SSSR count). The van der Waals surface area contributed by atoms with Gasteiger partial charge in [-0.05, 0) is 56.4 Å². The molecule has 0 spiro atoms. The summed E-state index contributed by atoms with van der Waals surface area (Å²) in [6.07, 6.45) is 5.78. The lowest BCUT2D eigenvalue weighted by molar-refractivity contribution is -0.139. The third kappa shape index (κ3) is 5.32. The lowest BCUT2D eigenvalue weighted by Gasteiger charge is -2.30. The molecule has 0 radical (unpaired) electrons.